The third-order valence-corrected chi connectivity index (χ3v) is 15.1. The minimum atomic E-state index is -4.45. The summed E-state index contributed by atoms with van der Waals surface area (Å²) < 4.78 is 117. The van der Waals surface area contributed by atoms with Crippen molar-refractivity contribution in [3.05, 3.63) is 77.1 Å². The molecule has 4 aromatic heterocycles. The molecule has 4 N–H and O–H groups in total. The summed E-state index contributed by atoms with van der Waals surface area (Å²) in [6.07, 6.45) is -7.65. The Morgan fingerprint density at radius 2 is 1.42 bits per heavy atom. The second-order valence-electron chi connectivity index (χ2n) is 14.6. The largest absolute Gasteiger partial charge is 0.397 e. The molecule has 23 nitrogen and oxygen atoms in total. The Balaban J connectivity index is 0.984. The molecule has 10 atom stereocenters. The zero-order valence-electron chi connectivity index (χ0n) is 34.1. The van der Waals surface area contributed by atoms with Crippen molar-refractivity contribution in [3.63, 3.8) is 0 Å². The van der Waals surface area contributed by atoms with Crippen molar-refractivity contribution < 1.29 is 59.7 Å². The molecule has 3 aliphatic rings. The maximum Gasteiger partial charge on any atom is 0.389 e. The number of hydrogen-bond acceptors (Lipinski definition) is 20. The van der Waals surface area contributed by atoms with E-state index in [0.29, 0.717) is 56.4 Å². The standard InChI is InChI=1S/C35H43BF2N12O11P2S/c36-62(51)56-14-23-30(26(38)35(58-23)49-18-45-27-22(39)5-6-42-32(27)49)61-63(52,64-16-21-3-1-20(2-4-21)13-55-12-11-54-10-9-53-8-7-47-48-41)57-15-24-29(60-62)25(37)34(59-24)50-19-46-28-31(40)43-17-44-33(28)50/h1-6,17-19,23-26,29-30,34-35H,7-16,36H2,(H2,39,42)(H2,40,43,44)/t23-,24-,25-,26-,29-,30-,34-,35-,62-,63-/m1/s1. The summed E-state index contributed by atoms with van der Waals surface area (Å²) in [7, 11) is -3.03. The van der Waals surface area contributed by atoms with Crippen molar-refractivity contribution in [2.75, 3.05) is 64.3 Å². The molecule has 0 radical (unpaired) electrons. The normalized spacial score (nSPS) is 29.8. The lowest BCUT2D eigenvalue weighted by atomic mass is 10.1. The van der Waals surface area contributed by atoms with Gasteiger partial charge in [-0.05, 0) is 34.1 Å². The second kappa shape index (κ2) is 20.5. The van der Waals surface area contributed by atoms with Crippen LogP contribution in [0.1, 0.15) is 23.6 Å². The number of fused-ring (bicyclic) bond motifs is 4. The van der Waals surface area contributed by atoms with E-state index in [1.165, 1.54) is 34.3 Å². The van der Waals surface area contributed by atoms with Gasteiger partial charge in [0.25, 0.3) is 15.0 Å². The van der Waals surface area contributed by atoms with Crippen molar-refractivity contribution in [2.24, 2.45) is 5.11 Å². The number of nitrogens with zero attached hydrogens (tertiary/aromatic N) is 10. The van der Waals surface area contributed by atoms with Crippen LogP contribution >= 0.6 is 25.7 Å². The van der Waals surface area contributed by atoms with Crippen molar-refractivity contribution >= 4 is 67.1 Å². The zero-order valence-corrected chi connectivity index (χ0v) is 36.7. The van der Waals surface area contributed by atoms with Crippen LogP contribution in [-0.4, -0.2) is 131 Å². The maximum atomic E-state index is 16.8. The zero-order chi connectivity index (χ0) is 44.8. The van der Waals surface area contributed by atoms with Crippen LogP contribution in [0.3, 0.4) is 0 Å². The summed E-state index contributed by atoms with van der Waals surface area (Å²) in [5.41, 5.74) is 23.0. The summed E-state index contributed by atoms with van der Waals surface area (Å²) in [5, 5.41) is 3.39. The molecule has 342 valence electrons. The number of alkyl halides is 2. The highest BCUT2D eigenvalue weighted by atomic mass is 32.7. The Hall–Kier alpha value is -4.33. The summed E-state index contributed by atoms with van der Waals surface area (Å²) >= 11 is 0.767. The van der Waals surface area contributed by atoms with Crippen molar-refractivity contribution in [3.8, 4) is 0 Å². The Morgan fingerprint density at radius 1 is 0.812 bits per heavy atom. The molecule has 3 aliphatic heterocycles. The fourth-order valence-corrected chi connectivity index (χ4v) is 11.6. The van der Waals surface area contributed by atoms with Crippen LogP contribution in [-0.2, 0) is 63.3 Å². The van der Waals surface area contributed by atoms with Crippen LogP contribution in [0.4, 0.5) is 20.3 Å². The number of benzene rings is 1. The van der Waals surface area contributed by atoms with E-state index in [2.05, 4.69) is 34.9 Å². The van der Waals surface area contributed by atoms with Gasteiger partial charge in [0.05, 0.1) is 71.2 Å². The Kier molecular flexibility index (Phi) is 14.8. The number of pyridine rings is 1. The van der Waals surface area contributed by atoms with E-state index in [-0.39, 0.29) is 34.9 Å². The van der Waals surface area contributed by atoms with Gasteiger partial charge in [0, 0.05) is 23.4 Å². The molecule has 64 heavy (non-hydrogen) atoms. The highest BCUT2D eigenvalue weighted by molar-refractivity contribution is 8.54. The summed E-state index contributed by atoms with van der Waals surface area (Å²) in [5.74, 6) is 0.116. The van der Waals surface area contributed by atoms with Gasteiger partial charge in [-0.2, -0.15) is 0 Å². The molecule has 8 rings (SSSR count). The first-order valence-electron chi connectivity index (χ1n) is 19.8. The first-order valence-corrected chi connectivity index (χ1v) is 24.9. The number of rotatable bonds is 16. The average Bonchev–Trinajstić information content (AvgIpc) is 4.05. The van der Waals surface area contributed by atoms with Gasteiger partial charge in [-0.25, -0.2) is 38.3 Å². The van der Waals surface area contributed by atoms with E-state index < -0.39 is 76.7 Å². The average molecular weight is 951 g/mol. The molecular formula is C35H43BF2N12O11P2S. The SMILES string of the molecule is B[P@@]1(=O)OC[C@H]2O[C@@H](n3cnc4c(N)ccnc43)[C@H](F)[C@@H]2O[P@](=O)(SCc2ccc(COCCOCCOCCN=[N+]=[N-])cc2)OC[C@H]2O[C@@H](n3cnc4c(N)ncnc43)[C@H](F)[C@@H]2O1. The monoisotopic (exact) mass is 950 g/mol. The van der Waals surface area contributed by atoms with Gasteiger partial charge in [0.2, 0.25) is 0 Å². The summed E-state index contributed by atoms with van der Waals surface area (Å²) in [4.78, 5) is 23.5. The van der Waals surface area contributed by atoms with Crippen LogP contribution < -0.4 is 11.5 Å². The topological polar surface area (TPSA) is 292 Å². The molecule has 29 heteroatoms. The van der Waals surface area contributed by atoms with E-state index in [9.17, 15) is 9.13 Å². The van der Waals surface area contributed by atoms with Crippen LogP contribution in [0.15, 0.2) is 60.6 Å². The van der Waals surface area contributed by atoms with Crippen LogP contribution in [0.25, 0.3) is 32.8 Å². The lowest BCUT2D eigenvalue weighted by molar-refractivity contribution is -0.0546. The van der Waals surface area contributed by atoms with Crippen molar-refractivity contribution in [1.82, 2.24) is 34.1 Å². The predicted molar refractivity (Wildman–Crippen MR) is 228 cm³/mol. The molecule has 3 fully saturated rings. The van der Waals surface area contributed by atoms with Gasteiger partial charge in [0.15, 0.2) is 41.9 Å². The molecule has 7 heterocycles. The number of nitrogens with two attached hydrogens (primary N) is 2. The number of hydrogen-bond donors (Lipinski definition) is 2. The number of aromatic nitrogens is 7. The molecule has 3 saturated heterocycles. The third kappa shape index (κ3) is 10.5. The number of azide groups is 1. The Labute approximate surface area is 367 Å². The first-order chi connectivity index (χ1) is 30.9. The highest BCUT2D eigenvalue weighted by Crippen LogP contribution is 2.65. The van der Waals surface area contributed by atoms with Gasteiger partial charge in [-0.1, -0.05) is 29.4 Å². The summed E-state index contributed by atoms with van der Waals surface area (Å²) in [6, 6.07) is 8.81. The van der Waals surface area contributed by atoms with E-state index in [1.807, 2.05) is 12.1 Å². The molecular weight excluding hydrogens is 907 g/mol. The fraction of sp³-hybridized carbons (Fsp3) is 0.514. The van der Waals surface area contributed by atoms with Gasteiger partial charge in [-0.15, -0.1) is 0 Å². The maximum absolute atomic E-state index is 16.8. The van der Waals surface area contributed by atoms with E-state index in [4.69, 9.17) is 58.8 Å². The van der Waals surface area contributed by atoms with Gasteiger partial charge >= 0.3 is 6.80 Å². The lowest BCUT2D eigenvalue weighted by Crippen LogP contribution is -2.37. The molecule has 5 aromatic rings. The molecule has 0 amide bonds. The quantitative estimate of drug-likeness (QED) is 0.0347. The molecule has 0 aliphatic carbocycles. The van der Waals surface area contributed by atoms with Crippen LogP contribution in [0.2, 0.25) is 0 Å². The molecule has 1 aromatic carbocycles. The Bertz CT molecular complexity index is 2550. The van der Waals surface area contributed by atoms with Crippen molar-refractivity contribution in [2.45, 2.75) is 61.6 Å². The van der Waals surface area contributed by atoms with E-state index in [0.717, 1.165) is 24.5 Å². The van der Waals surface area contributed by atoms with Gasteiger partial charge < -0.3 is 44.2 Å². The molecule has 0 bridgehead atoms. The number of nitrogen functional groups attached to an aromatic ring is 2. The number of ether oxygens (including phenoxy) is 5. The second-order valence-corrected chi connectivity index (χ2v) is 20.6. The van der Waals surface area contributed by atoms with Crippen LogP contribution in [0.5, 0.6) is 0 Å². The van der Waals surface area contributed by atoms with Gasteiger partial charge in [0.1, 0.15) is 41.8 Å². The highest BCUT2D eigenvalue weighted by Gasteiger charge is 2.54. The molecule has 0 spiro atoms. The smallest absolute Gasteiger partial charge is 0.389 e. The fourth-order valence-electron chi connectivity index (χ4n) is 7.09. The molecule has 0 saturated carbocycles. The minimum absolute atomic E-state index is 0.0526. The van der Waals surface area contributed by atoms with E-state index >= 15 is 8.78 Å². The predicted octanol–water partition coefficient (Wildman–Crippen LogP) is 4.37. The van der Waals surface area contributed by atoms with Gasteiger partial charge in [-0.3, -0.25) is 22.7 Å². The molecule has 0 unspecified atom stereocenters. The number of imidazole rings is 2. The Morgan fingerprint density at radius 3 is 2.12 bits per heavy atom. The summed E-state index contributed by atoms with van der Waals surface area (Å²) in [6.45, 7) is -3.38. The third-order valence-electron chi connectivity index (χ3n) is 10.2. The van der Waals surface area contributed by atoms with E-state index in [1.54, 1.807) is 18.2 Å². The minimum Gasteiger partial charge on any atom is -0.397 e. The first kappa shape index (κ1) is 46.2. The lowest BCUT2D eigenvalue weighted by Gasteiger charge is -2.30. The number of anilines is 2. The van der Waals surface area contributed by atoms with Crippen LogP contribution in [0, 0.1) is 0 Å². The number of halogens is 2. The van der Waals surface area contributed by atoms with Crippen molar-refractivity contribution in [1.29, 1.82) is 0 Å².